The second kappa shape index (κ2) is 4.64. The Morgan fingerprint density at radius 3 is 2.39 bits per heavy atom. The average molecular weight is 269 g/mol. The first-order valence-electron chi connectivity index (χ1n) is 5.90. The fourth-order valence-corrected chi connectivity index (χ4v) is 5.04. The van der Waals surface area contributed by atoms with Crippen LogP contribution in [-0.4, -0.2) is 40.2 Å². The minimum absolute atomic E-state index is 0.0568. The van der Waals surface area contributed by atoms with Crippen molar-refractivity contribution in [1.29, 1.82) is 0 Å². The molecular weight excluding hydrogens is 250 g/mol. The fraction of sp³-hybridized carbons (Fsp3) is 0.538. The van der Waals surface area contributed by atoms with E-state index in [4.69, 9.17) is 10.5 Å². The van der Waals surface area contributed by atoms with Crippen LogP contribution < -0.4 is 5.73 Å². The maximum absolute atomic E-state index is 11.9. The van der Waals surface area contributed by atoms with Gasteiger partial charge in [-0.3, -0.25) is 0 Å². The maximum atomic E-state index is 11.9. The Labute approximate surface area is 108 Å². The Balaban J connectivity index is 2.40. The van der Waals surface area contributed by atoms with Gasteiger partial charge in [0.05, 0.1) is 11.9 Å². The second-order valence-electron chi connectivity index (χ2n) is 5.01. The highest BCUT2D eigenvalue weighted by atomic mass is 32.2. The van der Waals surface area contributed by atoms with Crippen molar-refractivity contribution in [2.45, 2.75) is 11.2 Å². The summed E-state index contributed by atoms with van der Waals surface area (Å²) in [6.07, 6.45) is 1.28. The summed E-state index contributed by atoms with van der Waals surface area (Å²) in [4.78, 5) is 0. The van der Waals surface area contributed by atoms with E-state index in [1.54, 1.807) is 7.11 Å². The lowest BCUT2D eigenvalue weighted by Gasteiger charge is -2.14. The zero-order valence-corrected chi connectivity index (χ0v) is 11.5. The molecule has 100 valence electrons. The van der Waals surface area contributed by atoms with E-state index in [1.165, 1.54) is 6.26 Å². The largest absolute Gasteiger partial charge is 0.384 e. The molecule has 0 bridgehead atoms. The molecule has 0 aliphatic heterocycles. The van der Waals surface area contributed by atoms with Gasteiger partial charge in [-0.2, -0.15) is 0 Å². The summed E-state index contributed by atoms with van der Waals surface area (Å²) < 4.78 is 29.0. The van der Waals surface area contributed by atoms with E-state index in [9.17, 15) is 8.42 Å². The standard InChI is InChI=1S/C13H19NO3S/c1-17-9-13(8-14)11(12(13)18(2,15)16)10-6-4-3-5-7-10/h3-7,11-12H,8-9,14H2,1-2H3. The molecule has 0 saturated heterocycles. The van der Waals surface area contributed by atoms with Crippen molar-refractivity contribution in [3.05, 3.63) is 35.9 Å². The number of methoxy groups -OCH3 is 1. The molecule has 2 N–H and O–H groups in total. The van der Waals surface area contributed by atoms with Crippen molar-refractivity contribution >= 4 is 9.84 Å². The van der Waals surface area contributed by atoms with Crippen molar-refractivity contribution in [2.24, 2.45) is 11.1 Å². The number of ether oxygens (including phenoxy) is 1. The molecule has 1 fully saturated rings. The van der Waals surface area contributed by atoms with Crippen LogP contribution in [0, 0.1) is 5.41 Å². The summed E-state index contributed by atoms with van der Waals surface area (Å²) in [5, 5.41) is -0.433. The van der Waals surface area contributed by atoms with Crippen LogP contribution in [0.1, 0.15) is 11.5 Å². The molecule has 4 nitrogen and oxygen atoms in total. The summed E-state index contributed by atoms with van der Waals surface area (Å²) in [6.45, 7) is 0.693. The van der Waals surface area contributed by atoms with Crippen LogP contribution in [0.15, 0.2) is 30.3 Å². The lowest BCUT2D eigenvalue weighted by molar-refractivity contribution is 0.142. The molecule has 0 radical (unpaired) electrons. The molecule has 2 rings (SSSR count). The number of hydrogen-bond donors (Lipinski definition) is 1. The van der Waals surface area contributed by atoms with Crippen LogP contribution in [-0.2, 0) is 14.6 Å². The van der Waals surface area contributed by atoms with Gasteiger partial charge in [-0.15, -0.1) is 0 Å². The van der Waals surface area contributed by atoms with Crippen molar-refractivity contribution in [1.82, 2.24) is 0 Å². The predicted molar refractivity (Wildman–Crippen MR) is 71.2 cm³/mol. The van der Waals surface area contributed by atoms with E-state index in [-0.39, 0.29) is 5.92 Å². The summed E-state index contributed by atoms with van der Waals surface area (Å²) in [6, 6.07) is 9.66. The smallest absolute Gasteiger partial charge is 0.151 e. The molecule has 1 aromatic rings. The molecule has 18 heavy (non-hydrogen) atoms. The molecular formula is C13H19NO3S. The van der Waals surface area contributed by atoms with E-state index in [0.717, 1.165) is 5.56 Å². The lowest BCUT2D eigenvalue weighted by Crippen LogP contribution is -2.28. The van der Waals surface area contributed by atoms with Crippen LogP contribution in [0.2, 0.25) is 0 Å². The number of rotatable bonds is 5. The van der Waals surface area contributed by atoms with Gasteiger partial charge in [0.15, 0.2) is 9.84 Å². The van der Waals surface area contributed by atoms with Crippen molar-refractivity contribution in [3.63, 3.8) is 0 Å². The highest BCUT2D eigenvalue weighted by Gasteiger charge is 2.68. The third-order valence-corrected chi connectivity index (χ3v) is 5.46. The molecule has 1 aromatic carbocycles. The summed E-state index contributed by atoms with van der Waals surface area (Å²) in [7, 11) is -1.55. The first kappa shape index (κ1) is 13.5. The fourth-order valence-electron chi connectivity index (χ4n) is 3.04. The van der Waals surface area contributed by atoms with Crippen molar-refractivity contribution in [3.8, 4) is 0 Å². The van der Waals surface area contributed by atoms with Crippen LogP contribution in [0.25, 0.3) is 0 Å². The second-order valence-corrected chi connectivity index (χ2v) is 7.18. The van der Waals surface area contributed by atoms with Gasteiger partial charge in [-0.1, -0.05) is 30.3 Å². The monoisotopic (exact) mass is 269 g/mol. The molecule has 1 saturated carbocycles. The minimum Gasteiger partial charge on any atom is -0.384 e. The normalized spacial score (nSPS) is 31.3. The number of hydrogen-bond acceptors (Lipinski definition) is 4. The highest BCUT2D eigenvalue weighted by molar-refractivity contribution is 7.91. The first-order chi connectivity index (χ1) is 8.47. The minimum atomic E-state index is -3.13. The Morgan fingerprint density at radius 2 is 1.94 bits per heavy atom. The molecule has 0 heterocycles. The Morgan fingerprint density at radius 1 is 1.33 bits per heavy atom. The van der Waals surface area contributed by atoms with Gasteiger partial charge < -0.3 is 10.5 Å². The maximum Gasteiger partial charge on any atom is 0.151 e. The van der Waals surface area contributed by atoms with E-state index in [2.05, 4.69) is 0 Å². The van der Waals surface area contributed by atoms with Gasteiger partial charge in [0.2, 0.25) is 0 Å². The molecule has 5 heteroatoms. The SMILES string of the molecule is COCC1(CN)C(c2ccccc2)C1S(C)(=O)=O. The zero-order valence-electron chi connectivity index (χ0n) is 10.7. The Bertz CT molecular complexity index is 514. The molecule has 0 aromatic heterocycles. The summed E-state index contributed by atoms with van der Waals surface area (Å²) in [5.41, 5.74) is 6.38. The van der Waals surface area contributed by atoms with Crippen LogP contribution in [0.4, 0.5) is 0 Å². The van der Waals surface area contributed by atoms with Crippen molar-refractivity contribution < 1.29 is 13.2 Å². The molecule has 3 atom stereocenters. The quantitative estimate of drug-likeness (QED) is 0.858. The average Bonchev–Trinajstić information content (AvgIpc) is 3.00. The third kappa shape index (κ3) is 2.06. The van der Waals surface area contributed by atoms with E-state index < -0.39 is 20.5 Å². The summed E-state index contributed by atoms with van der Waals surface area (Å²) >= 11 is 0. The molecule has 0 amide bonds. The number of benzene rings is 1. The topological polar surface area (TPSA) is 69.4 Å². The van der Waals surface area contributed by atoms with Gasteiger partial charge in [-0.05, 0) is 5.56 Å². The Kier molecular flexibility index (Phi) is 3.49. The molecule has 1 aliphatic rings. The molecule has 0 spiro atoms. The van der Waals surface area contributed by atoms with Gasteiger partial charge in [-0.25, -0.2) is 8.42 Å². The van der Waals surface area contributed by atoms with Crippen LogP contribution >= 0.6 is 0 Å². The van der Waals surface area contributed by atoms with Crippen LogP contribution in [0.3, 0.4) is 0 Å². The van der Waals surface area contributed by atoms with E-state index in [1.807, 2.05) is 30.3 Å². The number of nitrogens with two attached hydrogens (primary N) is 1. The van der Waals surface area contributed by atoms with Gasteiger partial charge >= 0.3 is 0 Å². The zero-order chi connectivity index (χ0) is 13.4. The van der Waals surface area contributed by atoms with E-state index in [0.29, 0.717) is 13.2 Å². The van der Waals surface area contributed by atoms with E-state index >= 15 is 0 Å². The lowest BCUT2D eigenvalue weighted by atomic mass is 10.0. The first-order valence-corrected chi connectivity index (χ1v) is 7.85. The number of sulfone groups is 1. The van der Waals surface area contributed by atoms with Gasteiger partial charge in [0, 0.05) is 31.2 Å². The van der Waals surface area contributed by atoms with Crippen molar-refractivity contribution in [2.75, 3.05) is 26.5 Å². The summed E-state index contributed by atoms with van der Waals surface area (Å²) in [5.74, 6) is -0.0568. The van der Waals surface area contributed by atoms with Gasteiger partial charge in [0.1, 0.15) is 0 Å². The third-order valence-electron chi connectivity index (χ3n) is 3.79. The molecule has 1 aliphatic carbocycles. The van der Waals surface area contributed by atoms with Gasteiger partial charge in [0.25, 0.3) is 0 Å². The highest BCUT2D eigenvalue weighted by Crippen LogP contribution is 2.62. The predicted octanol–water partition coefficient (Wildman–Crippen LogP) is 0.789. The van der Waals surface area contributed by atoms with Crippen LogP contribution in [0.5, 0.6) is 0 Å². The molecule has 3 unspecified atom stereocenters. The Hall–Kier alpha value is -0.910.